The number of aliphatic hydroxyl groups is 1. The summed E-state index contributed by atoms with van der Waals surface area (Å²) in [6, 6.07) is -0.226. The van der Waals surface area contributed by atoms with Gasteiger partial charge in [0.1, 0.15) is 19.2 Å². The standard InChI is InChI=1S/C7H12N4O2/c1-6(3-12)10-7(13)2-11-5-8-4-9-11/h4-6,12H,2-3H2,1H3,(H,10,13). The number of hydrogen-bond donors (Lipinski definition) is 2. The maximum absolute atomic E-state index is 11.2. The van der Waals surface area contributed by atoms with Crippen molar-refractivity contribution in [3.63, 3.8) is 0 Å². The SMILES string of the molecule is CC(CO)NC(=O)Cn1cncn1. The van der Waals surface area contributed by atoms with E-state index in [1.807, 2.05) is 0 Å². The molecule has 6 nitrogen and oxygen atoms in total. The molecule has 0 aromatic carbocycles. The molecule has 0 radical (unpaired) electrons. The summed E-state index contributed by atoms with van der Waals surface area (Å²) in [4.78, 5) is 14.9. The first kappa shape index (κ1) is 9.66. The molecule has 1 amide bonds. The van der Waals surface area contributed by atoms with Crippen LogP contribution in [-0.2, 0) is 11.3 Å². The fourth-order valence-electron chi connectivity index (χ4n) is 0.828. The predicted octanol–water partition coefficient (Wildman–Crippen LogP) is -1.22. The van der Waals surface area contributed by atoms with Gasteiger partial charge in [0.2, 0.25) is 5.91 Å². The number of nitrogens with one attached hydrogen (secondary N) is 1. The molecule has 6 heteroatoms. The van der Waals surface area contributed by atoms with Gasteiger partial charge in [0.25, 0.3) is 0 Å². The first-order chi connectivity index (χ1) is 6.22. The molecule has 0 aliphatic carbocycles. The van der Waals surface area contributed by atoms with Crippen molar-refractivity contribution in [3.05, 3.63) is 12.7 Å². The Hall–Kier alpha value is -1.43. The van der Waals surface area contributed by atoms with Crippen molar-refractivity contribution in [1.29, 1.82) is 0 Å². The Kier molecular flexibility index (Phi) is 3.39. The Bertz CT molecular complexity index is 259. The van der Waals surface area contributed by atoms with Gasteiger partial charge in [-0.2, -0.15) is 5.10 Å². The maximum atomic E-state index is 11.2. The predicted molar refractivity (Wildman–Crippen MR) is 44.7 cm³/mol. The molecule has 0 aliphatic heterocycles. The molecular weight excluding hydrogens is 172 g/mol. The van der Waals surface area contributed by atoms with Gasteiger partial charge >= 0.3 is 0 Å². The summed E-state index contributed by atoms with van der Waals surface area (Å²) in [6.45, 7) is 1.78. The number of hydrogen-bond acceptors (Lipinski definition) is 4. The fourth-order valence-corrected chi connectivity index (χ4v) is 0.828. The number of nitrogens with zero attached hydrogens (tertiary/aromatic N) is 3. The second-order valence-corrected chi connectivity index (χ2v) is 2.74. The largest absolute Gasteiger partial charge is 0.394 e. The van der Waals surface area contributed by atoms with Gasteiger partial charge in [-0.05, 0) is 6.92 Å². The molecule has 0 bridgehead atoms. The van der Waals surface area contributed by atoms with Crippen LogP contribution in [0, 0.1) is 0 Å². The van der Waals surface area contributed by atoms with Crippen molar-refractivity contribution < 1.29 is 9.90 Å². The second-order valence-electron chi connectivity index (χ2n) is 2.74. The second kappa shape index (κ2) is 4.56. The Balaban J connectivity index is 2.34. The average Bonchev–Trinajstić information content (AvgIpc) is 2.56. The van der Waals surface area contributed by atoms with E-state index in [9.17, 15) is 4.79 Å². The van der Waals surface area contributed by atoms with E-state index in [0.717, 1.165) is 0 Å². The van der Waals surface area contributed by atoms with E-state index in [2.05, 4.69) is 15.4 Å². The molecular formula is C7H12N4O2. The topological polar surface area (TPSA) is 80.0 Å². The van der Waals surface area contributed by atoms with Crippen LogP contribution in [0.25, 0.3) is 0 Å². The average molecular weight is 184 g/mol. The third-order valence-electron chi connectivity index (χ3n) is 1.45. The van der Waals surface area contributed by atoms with Gasteiger partial charge in [0.05, 0.1) is 6.61 Å². The molecule has 1 aromatic rings. The molecule has 0 aliphatic rings. The quantitative estimate of drug-likeness (QED) is 0.614. The Morgan fingerprint density at radius 2 is 2.54 bits per heavy atom. The molecule has 1 heterocycles. The summed E-state index contributed by atoms with van der Waals surface area (Å²) < 4.78 is 1.42. The lowest BCUT2D eigenvalue weighted by Gasteiger charge is -2.09. The van der Waals surface area contributed by atoms with Gasteiger partial charge in [-0.15, -0.1) is 0 Å². The minimum absolute atomic E-state index is 0.0664. The zero-order chi connectivity index (χ0) is 9.68. The molecule has 0 spiro atoms. The molecule has 2 N–H and O–H groups in total. The molecule has 1 unspecified atom stereocenters. The number of aromatic nitrogens is 3. The van der Waals surface area contributed by atoms with E-state index in [-0.39, 0.29) is 25.1 Å². The smallest absolute Gasteiger partial charge is 0.242 e. The van der Waals surface area contributed by atoms with Gasteiger partial charge < -0.3 is 10.4 Å². The number of carbonyl (C=O) groups is 1. The van der Waals surface area contributed by atoms with E-state index < -0.39 is 0 Å². The van der Waals surface area contributed by atoms with E-state index in [4.69, 9.17) is 5.11 Å². The molecule has 1 aromatic heterocycles. The van der Waals surface area contributed by atoms with Crippen LogP contribution in [-0.4, -0.2) is 38.4 Å². The third-order valence-corrected chi connectivity index (χ3v) is 1.45. The van der Waals surface area contributed by atoms with Crippen molar-refractivity contribution in [3.8, 4) is 0 Å². The summed E-state index contributed by atoms with van der Waals surface area (Å²) in [6.07, 6.45) is 2.83. The zero-order valence-corrected chi connectivity index (χ0v) is 7.34. The molecule has 0 saturated heterocycles. The molecule has 1 atom stereocenters. The normalized spacial score (nSPS) is 12.5. The van der Waals surface area contributed by atoms with Crippen molar-refractivity contribution >= 4 is 5.91 Å². The molecule has 13 heavy (non-hydrogen) atoms. The lowest BCUT2D eigenvalue weighted by Crippen LogP contribution is -2.37. The van der Waals surface area contributed by atoms with E-state index >= 15 is 0 Å². The lowest BCUT2D eigenvalue weighted by molar-refractivity contribution is -0.122. The number of rotatable bonds is 4. The van der Waals surface area contributed by atoms with Crippen LogP contribution < -0.4 is 5.32 Å². The minimum atomic E-state index is -0.226. The summed E-state index contributed by atoms with van der Waals surface area (Å²) in [5.74, 6) is -0.188. The monoisotopic (exact) mass is 184 g/mol. The van der Waals surface area contributed by atoms with Gasteiger partial charge in [0.15, 0.2) is 0 Å². The van der Waals surface area contributed by atoms with Crippen LogP contribution in [0.2, 0.25) is 0 Å². The van der Waals surface area contributed by atoms with Gasteiger partial charge in [-0.3, -0.25) is 4.79 Å². The highest BCUT2D eigenvalue weighted by molar-refractivity contribution is 5.75. The first-order valence-corrected chi connectivity index (χ1v) is 3.95. The van der Waals surface area contributed by atoms with Crippen LogP contribution in [0.1, 0.15) is 6.92 Å². The molecule has 1 rings (SSSR count). The number of amides is 1. The maximum Gasteiger partial charge on any atom is 0.242 e. The van der Waals surface area contributed by atoms with Gasteiger partial charge in [0, 0.05) is 6.04 Å². The Labute approximate surface area is 75.6 Å². The lowest BCUT2D eigenvalue weighted by atomic mass is 10.3. The minimum Gasteiger partial charge on any atom is -0.394 e. The Morgan fingerprint density at radius 3 is 3.08 bits per heavy atom. The summed E-state index contributed by atoms with van der Waals surface area (Å²) in [7, 11) is 0. The van der Waals surface area contributed by atoms with Crippen LogP contribution in [0.5, 0.6) is 0 Å². The van der Waals surface area contributed by atoms with E-state index in [1.165, 1.54) is 17.3 Å². The van der Waals surface area contributed by atoms with Gasteiger partial charge in [-0.1, -0.05) is 0 Å². The van der Waals surface area contributed by atoms with E-state index in [0.29, 0.717) is 0 Å². The fraction of sp³-hybridized carbons (Fsp3) is 0.571. The van der Waals surface area contributed by atoms with Crippen molar-refractivity contribution in [1.82, 2.24) is 20.1 Å². The van der Waals surface area contributed by atoms with Crippen molar-refractivity contribution in [2.75, 3.05) is 6.61 Å². The summed E-state index contributed by atoms with van der Waals surface area (Å²) in [5.41, 5.74) is 0. The molecule has 0 saturated carbocycles. The van der Waals surface area contributed by atoms with Crippen molar-refractivity contribution in [2.24, 2.45) is 0 Å². The van der Waals surface area contributed by atoms with Crippen molar-refractivity contribution in [2.45, 2.75) is 19.5 Å². The molecule has 72 valence electrons. The number of aliphatic hydroxyl groups excluding tert-OH is 1. The first-order valence-electron chi connectivity index (χ1n) is 3.95. The molecule has 0 fully saturated rings. The van der Waals surface area contributed by atoms with Crippen LogP contribution in [0.3, 0.4) is 0 Å². The van der Waals surface area contributed by atoms with Crippen LogP contribution in [0.15, 0.2) is 12.7 Å². The van der Waals surface area contributed by atoms with Gasteiger partial charge in [-0.25, -0.2) is 9.67 Å². The zero-order valence-electron chi connectivity index (χ0n) is 7.34. The highest BCUT2D eigenvalue weighted by Crippen LogP contribution is 1.83. The highest BCUT2D eigenvalue weighted by Gasteiger charge is 2.06. The number of carbonyl (C=O) groups excluding carboxylic acids is 1. The van der Waals surface area contributed by atoms with Crippen LogP contribution in [0.4, 0.5) is 0 Å². The third kappa shape index (κ3) is 3.20. The summed E-state index contributed by atoms with van der Waals surface area (Å²) >= 11 is 0. The summed E-state index contributed by atoms with van der Waals surface area (Å²) in [5, 5.41) is 15.0. The Morgan fingerprint density at radius 1 is 1.77 bits per heavy atom. The van der Waals surface area contributed by atoms with Crippen LogP contribution >= 0.6 is 0 Å². The highest BCUT2D eigenvalue weighted by atomic mass is 16.3. The van der Waals surface area contributed by atoms with E-state index in [1.54, 1.807) is 6.92 Å².